The molecule has 9 nitrogen and oxygen atoms in total. The molecule has 3 heterocycles. The van der Waals surface area contributed by atoms with Crippen molar-refractivity contribution in [1.82, 2.24) is 19.7 Å². The van der Waals surface area contributed by atoms with E-state index in [9.17, 15) is 4.79 Å². The van der Waals surface area contributed by atoms with Gasteiger partial charge in [0, 0.05) is 43.8 Å². The molecule has 1 amide bonds. The largest absolute Gasteiger partial charge is 0.473 e. The molecule has 9 heteroatoms. The van der Waals surface area contributed by atoms with Gasteiger partial charge in [0.1, 0.15) is 24.5 Å². The fourth-order valence-electron chi connectivity index (χ4n) is 6.30. The molecule has 47 heavy (non-hydrogen) atoms. The van der Waals surface area contributed by atoms with Crippen LogP contribution in [0, 0.1) is 0 Å². The van der Waals surface area contributed by atoms with Gasteiger partial charge in [0.2, 0.25) is 11.8 Å². The second kappa shape index (κ2) is 12.3. The van der Waals surface area contributed by atoms with Crippen molar-refractivity contribution in [1.29, 1.82) is 0 Å². The topological polar surface area (TPSA) is 82.0 Å². The van der Waals surface area contributed by atoms with E-state index in [4.69, 9.17) is 24.3 Å². The maximum atomic E-state index is 12.9. The van der Waals surface area contributed by atoms with Crippen LogP contribution < -0.4 is 14.4 Å². The summed E-state index contributed by atoms with van der Waals surface area (Å²) in [6, 6.07) is 30.5. The number of aromatic nitrogens is 3. The summed E-state index contributed by atoms with van der Waals surface area (Å²) in [6.45, 7) is 8.56. The lowest BCUT2D eigenvalue weighted by molar-refractivity contribution is 0.0205. The molecule has 0 N–H and O–H groups in total. The summed E-state index contributed by atoms with van der Waals surface area (Å²) < 4.78 is 20.0. The Morgan fingerprint density at radius 3 is 2.19 bits per heavy atom. The van der Waals surface area contributed by atoms with Gasteiger partial charge in [-0.15, -0.1) is 0 Å². The lowest BCUT2D eigenvalue weighted by Gasteiger charge is -2.43. The Morgan fingerprint density at radius 2 is 1.53 bits per heavy atom. The molecule has 7 rings (SSSR count). The van der Waals surface area contributed by atoms with E-state index in [0.717, 1.165) is 58.4 Å². The first-order chi connectivity index (χ1) is 22.7. The van der Waals surface area contributed by atoms with Gasteiger partial charge in [-0.25, -0.2) is 4.79 Å². The molecule has 1 saturated carbocycles. The first kappa shape index (κ1) is 30.6. The lowest BCUT2D eigenvalue weighted by atomic mass is 10.1. The van der Waals surface area contributed by atoms with Crippen LogP contribution in [0.2, 0.25) is 0 Å². The van der Waals surface area contributed by atoms with Crippen molar-refractivity contribution in [2.75, 3.05) is 24.5 Å². The summed E-state index contributed by atoms with van der Waals surface area (Å²) in [5.41, 5.74) is 5.31. The molecule has 2 aromatic heterocycles. The van der Waals surface area contributed by atoms with Crippen LogP contribution in [0.5, 0.6) is 11.8 Å². The van der Waals surface area contributed by atoms with Crippen LogP contribution in [0.15, 0.2) is 91.0 Å². The Morgan fingerprint density at radius 1 is 0.851 bits per heavy atom. The standard InChI is InChI=1S/C38H41N5O4/c1-37(2,3)47-36(44)42-21-22-43(38(26-42)19-20-38)29-15-16-30-32(23-29)41(4)40-34(30)31-17-18-33(45-24-27-11-7-5-8-12-27)39-35(31)46-25-28-13-9-6-10-14-28/h5-18,23H,19-22,24-26H2,1-4H3. The van der Waals surface area contributed by atoms with Gasteiger partial charge in [0.05, 0.1) is 16.6 Å². The first-order valence-electron chi connectivity index (χ1n) is 16.2. The highest BCUT2D eigenvalue weighted by atomic mass is 16.6. The molecule has 0 radical (unpaired) electrons. The second-order valence-corrected chi connectivity index (χ2v) is 13.5. The van der Waals surface area contributed by atoms with Gasteiger partial charge in [-0.2, -0.15) is 10.1 Å². The van der Waals surface area contributed by atoms with E-state index in [-0.39, 0.29) is 11.6 Å². The smallest absolute Gasteiger partial charge is 0.410 e. The van der Waals surface area contributed by atoms with Gasteiger partial charge in [-0.3, -0.25) is 4.68 Å². The number of pyridine rings is 1. The molecule has 1 saturated heterocycles. The Balaban J connectivity index is 1.16. The number of benzene rings is 3. The number of piperazine rings is 1. The lowest BCUT2D eigenvalue weighted by Crippen LogP contribution is -2.57. The van der Waals surface area contributed by atoms with Crippen LogP contribution in [0.1, 0.15) is 44.7 Å². The second-order valence-electron chi connectivity index (χ2n) is 13.5. The third-order valence-electron chi connectivity index (χ3n) is 8.81. The van der Waals surface area contributed by atoms with Gasteiger partial charge in [0.25, 0.3) is 0 Å². The highest BCUT2D eigenvalue weighted by molar-refractivity contribution is 5.96. The number of ether oxygens (including phenoxy) is 3. The Kier molecular flexibility index (Phi) is 7.99. The van der Waals surface area contributed by atoms with Crippen LogP contribution in [-0.4, -0.2) is 56.5 Å². The molecular weight excluding hydrogens is 590 g/mol. The number of rotatable bonds is 8. The molecule has 242 valence electrons. The number of carbonyl (C=O) groups excluding carboxylic acids is 1. The summed E-state index contributed by atoms with van der Waals surface area (Å²) in [7, 11) is 1.97. The van der Waals surface area contributed by atoms with Gasteiger partial charge in [-0.1, -0.05) is 60.7 Å². The van der Waals surface area contributed by atoms with E-state index in [0.29, 0.717) is 38.1 Å². The van der Waals surface area contributed by atoms with Crippen LogP contribution >= 0.6 is 0 Å². The number of nitrogens with zero attached hydrogens (tertiary/aromatic N) is 5. The van der Waals surface area contributed by atoms with Crippen molar-refractivity contribution >= 4 is 22.7 Å². The van der Waals surface area contributed by atoms with Crippen LogP contribution in [0.25, 0.3) is 22.2 Å². The van der Waals surface area contributed by atoms with E-state index in [2.05, 4.69) is 23.1 Å². The molecule has 3 aromatic carbocycles. The number of hydrogen-bond acceptors (Lipinski definition) is 7. The molecule has 0 unspecified atom stereocenters. The molecule has 0 atom stereocenters. The van der Waals surface area contributed by atoms with Crippen LogP contribution in [0.3, 0.4) is 0 Å². The van der Waals surface area contributed by atoms with Crippen molar-refractivity contribution in [3.8, 4) is 23.0 Å². The predicted molar refractivity (Wildman–Crippen MR) is 183 cm³/mol. The van der Waals surface area contributed by atoms with Crippen molar-refractivity contribution in [3.63, 3.8) is 0 Å². The fourth-order valence-corrected chi connectivity index (χ4v) is 6.30. The van der Waals surface area contributed by atoms with Crippen molar-refractivity contribution in [2.24, 2.45) is 7.05 Å². The van der Waals surface area contributed by atoms with Crippen molar-refractivity contribution in [2.45, 2.75) is 58.0 Å². The summed E-state index contributed by atoms with van der Waals surface area (Å²) in [5, 5.41) is 5.99. The molecular formula is C38H41N5O4. The number of carbonyl (C=O) groups is 1. The van der Waals surface area contributed by atoms with E-state index in [1.165, 1.54) is 0 Å². The molecule has 2 aliphatic rings. The number of anilines is 1. The van der Waals surface area contributed by atoms with E-state index >= 15 is 0 Å². The Hall–Kier alpha value is -5.05. The Bertz CT molecular complexity index is 1880. The first-order valence-corrected chi connectivity index (χ1v) is 16.2. The average Bonchev–Trinajstić information content (AvgIpc) is 3.75. The molecule has 0 bridgehead atoms. The van der Waals surface area contributed by atoms with Crippen molar-refractivity contribution in [3.05, 3.63) is 102 Å². The van der Waals surface area contributed by atoms with Gasteiger partial charge < -0.3 is 24.0 Å². The summed E-state index contributed by atoms with van der Waals surface area (Å²) >= 11 is 0. The number of amides is 1. The quantitative estimate of drug-likeness (QED) is 0.177. The van der Waals surface area contributed by atoms with Gasteiger partial charge >= 0.3 is 6.09 Å². The highest BCUT2D eigenvalue weighted by Gasteiger charge is 2.52. The fraction of sp³-hybridized carbons (Fsp3) is 0.342. The summed E-state index contributed by atoms with van der Waals surface area (Å²) in [4.78, 5) is 22.0. The minimum Gasteiger partial charge on any atom is -0.473 e. The normalized spacial score (nSPS) is 15.6. The minimum atomic E-state index is -0.509. The molecule has 5 aromatic rings. The highest BCUT2D eigenvalue weighted by Crippen LogP contribution is 2.47. The molecule has 2 fully saturated rings. The third kappa shape index (κ3) is 6.61. The summed E-state index contributed by atoms with van der Waals surface area (Å²) in [5.74, 6) is 0.960. The average molecular weight is 632 g/mol. The van der Waals surface area contributed by atoms with Crippen molar-refractivity contribution < 1.29 is 19.0 Å². The third-order valence-corrected chi connectivity index (χ3v) is 8.81. The SMILES string of the molecule is Cn1nc(-c2ccc(OCc3ccccc3)nc2OCc2ccccc2)c2ccc(N3CCN(C(=O)OC(C)(C)C)CC34CC4)cc21. The zero-order valence-corrected chi connectivity index (χ0v) is 27.5. The number of fused-ring (bicyclic) bond motifs is 1. The van der Waals surface area contributed by atoms with E-state index in [1.807, 2.05) is 110 Å². The maximum Gasteiger partial charge on any atom is 0.410 e. The molecule has 1 aliphatic heterocycles. The van der Waals surface area contributed by atoms with Gasteiger partial charge in [0.15, 0.2) is 0 Å². The minimum absolute atomic E-state index is 0.0534. The van der Waals surface area contributed by atoms with Crippen LogP contribution in [0.4, 0.5) is 10.5 Å². The number of aryl methyl sites for hydroxylation is 1. The van der Waals surface area contributed by atoms with E-state index in [1.54, 1.807) is 0 Å². The van der Waals surface area contributed by atoms with Gasteiger partial charge in [-0.05, 0) is 69.0 Å². The predicted octanol–water partition coefficient (Wildman–Crippen LogP) is 7.38. The summed E-state index contributed by atoms with van der Waals surface area (Å²) in [6.07, 6.45) is 1.87. The zero-order chi connectivity index (χ0) is 32.6. The Labute approximate surface area is 275 Å². The van der Waals surface area contributed by atoms with Crippen LogP contribution in [-0.2, 0) is 25.0 Å². The maximum absolute atomic E-state index is 12.9. The number of hydrogen-bond donors (Lipinski definition) is 0. The monoisotopic (exact) mass is 631 g/mol. The molecule has 1 aliphatic carbocycles. The molecule has 1 spiro atoms. The zero-order valence-electron chi connectivity index (χ0n) is 27.5. The van der Waals surface area contributed by atoms with E-state index < -0.39 is 5.60 Å².